The number of amides is 1. The fourth-order valence-electron chi connectivity index (χ4n) is 2.30. The molecule has 0 atom stereocenters. The third kappa shape index (κ3) is 3.45. The van der Waals surface area contributed by atoms with Crippen LogP contribution < -0.4 is 5.32 Å². The van der Waals surface area contributed by atoms with Gasteiger partial charge in [0.05, 0.1) is 5.60 Å². The van der Waals surface area contributed by atoms with E-state index in [1.165, 1.54) is 26.2 Å². The largest absolute Gasteiger partial charge is 0.438 e. The topological polar surface area (TPSA) is 99.9 Å². The number of hydrogen-bond acceptors (Lipinski definition) is 5. The van der Waals surface area contributed by atoms with Gasteiger partial charge in [-0.1, -0.05) is 12.8 Å². The van der Waals surface area contributed by atoms with Crippen LogP contribution >= 0.6 is 0 Å². The number of hydrogen-bond donors (Lipinski definition) is 2. The molecule has 1 saturated carbocycles. The molecule has 0 bridgehead atoms. The molecule has 1 heterocycles. The number of rotatable bonds is 5. The smallest absolute Gasteiger partial charge is 0.287 e. The zero-order chi connectivity index (χ0) is 15.7. The summed E-state index contributed by atoms with van der Waals surface area (Å²) in [6.07, 6.45) is 3.20. The fraction of sp³-hybridized carbons (Fsp3) is 0.615. The highest BCUT2D eigenvalue weighted by molar-refractivity contribution is 7.88. The Morgan fingerprint density at radius 2 is 2.00 bits per heavy atom. The van der Waals surface area contributed by atoms with E-state index in [0.717, 1.165) is 17.1 Å². The summed E-state index contributed by atoms with van der Waals surface area (Å²) >= 11 is 0. The Balaban J connectivity index is 2.03. The van der Waals surface area contributed by atoms with Gasteiger partial charge in [-0.3, -0.25) is 4.79 Å². The van der Waals surface area contributed by atoms with Crippen molar-refractivity contribution in [2.24, 2.45) is 0 Å². The number of nitrogens with one attached hydrogen (secondary N) is 1. The van der Waals surface area contributed by atoms with Gasteiger partial charge in [-0.05, 0) is 25.0 Å². The van der Waals surface area contributed by atoms with Gasteiger partial charge in [0.15, 0.2) is 5.76 Å². The molecular weight excluding hydrogens is 296 g/mol. The van der Waals surface area contributed by atoms with E-state index in [2.05, 4.69) is 5.32 Å². The van der Waals surface area contributed by atoms with Crippen LogP contribution in [0.1, 0.15) is 36.2 Å². The van der Waals surface area contributed by atoms with Crippen LogP contribution in [0.2, 0.25) is 0 Å². The Morgan fingerprint density at radius 3 is 2.57 bits per heavy atom. The molecule has 2 rings (SSSR count). The second-order valence-corrected chi connectivity index (χ2v) is 7.60. The highest BCUT2D eigenvalue weighted by Crippen LogP contribution is 2.28. The monoisotopic (exact) mass is 316 g/mol. The van der Waals surface area contributed by atoms with Gasteiger partial charge in [0.1, 0.15) is 0 Å². The Kier molecular flexibility index (Phi) is 4.40. The van der Waals surface area contributed by atoms with Crippen LogP contribution in [0.25, 0.3) is 0 Å². The maximum atomic E-state index is 11.9. The van der Waals surface area contributed by atoms with Crippen molar-refractivity contribution in [3.63, 3.8) is 0 Å². The summed E-state index contributed by atoms with van der Waals surface area (Å²) in [6, 6.07) is 2.55. The standard InChI is InChI=1S/C13H20N2O5S/c1-15(2)21(18,19)11-6-5-10(20-11)12(16)14-9-13(17)7-3-4-8-13/h5-6,17H,3-4,7-9H2,1-2H3,(H,14,16). The molecule has 1 aromatic rings. The molecule has 2 N–H and O–H groups in total. The van der Waals surface area contributed by atoms with Crippen molar-refractivity contribution in [3.8, 4) is 0 Å². The van der Waals surface area contributed by atoms with Crippen molar-refractivity contribution in [1.82, 2.24) is 9.62 Å². The minimum Gasteiger partial charge on any atom is -0.438 e. The van der Waals surface area contributed by atoms with E-state index < -0.39 is 21.5 Å². The normalized spacial score (nSPS) is 18.1. The Morgan fingerprint density at radius 1 is 1.38 bits per heavy atom. The van der Waals surface area contributed by atoms with Crippen LogP contribution in [0.15, 0.2) is 21.6 Å². The predicted molar refractivity (Wildman–Crippen MR) is 75.3 cm³/mol. The van der Waals surface area contributed by atoms with Gasteiger partial charge in [0.25, 0.3) is 15.9 Å². The van der Waals surface area contributed by atoms with Gasteiger partial charge in [-0.2, -0.15) is 0 Å². The van der Waals surface area contributed by atoms with Gasteiger partial charge in [-0.25, -0.2) is 12.7 Å². The summed E-state index contributed by atoms with van der Waals surface area (Å²) in [6.45, 7) is 0.141. The van der Waals surface area contributed by atoms with Crippen molar-refractivity contribution in [1.29, 1.82) is 0 Å². The van der Waals surface area contributed by atoms with Crippen molar-refractivity contribution in [2.45, 2.75) is 36.4 Å². The Hall–Kier alpha value is -1.38. The van der Waals surface area contributed by atoms with Crippen molar-refractivity contribution in [3.05, 3.63) is 17.9 Å². The summed E-state index contributed by atoms with van der Waals surface area (Å²) < 4.78 is 29.8. The van der Waals surface area contributed by atoms with E-state index in [-0.39, 0.29) is 17.4 Å². The molecule has 8 heteroatoms. The first kappa shape index (κ1) is 16.0. The second kappa shape index (κ2) is 5.78. The molecular formula is C13H20N2O5S. The molecule has 1 aliphatic rings. The highest BCUT2D eigenvalue weighted by Gasteiger charge is 2.32. The van der Waals surface area contributed by atoms with Crippen LogP contribution in [0.4, 0.5) is 0 Å². The summed E-state index contributed by atoms with van der Waals surface area (Å²) in [5.74, 6) is -0.618. The molecule has 118 valence electrons. The van der Waals surface area contributed by atoms with E-state index >= 15 is 0 Å². The molecule has 0 aromatic carbocycles. The lowest BCUT2D eigenvalue weighted by Crippen LogP contribution is -2.40. The molecule has 7 nitrogen and oxygen atoms in total. The molecule has 1 aromatic heterocycles. The molecule has 0 spiro atoms. The van der Waals surface area contributed by atoms with Gasteiger partial charge in [-0.15, -0.1) is 0 Å². The third-order valence-corrected chi connectivity index (χ3v) is 5.34. The molecule has 0 radical (unpaired) electrons. The lowest BCUT2D eigenvalue weighted by atomic mass is 10.0. The minimum atomic E-state index is -3.69. The summed E-state index contributed by atoms with van der Waals surface area (Å²) in [7, 11) is -0.931. The van der Waals surface area contributed by atoms with Crippen LogP contribution in [0.5, 0.6) is 0 Å². The third-order valence-electron chi connectivity index (χ3n) is 3.65. The minimum absolute atomic E-state index is 0.0861. The average molecular weight is 316 g/mol. The summed E-state index contributed by atoms with van der Waals surface area (Å²) in [5.41, 5.74) is -0.860. The SMILES string of the molecule is CN(C)S(=O)(=O)c1ccc(C(=O)NCC2(O)CCCC2)o1. The van der Waals surface area contributed by atoms with Gasteiger partial charge in [0, 0.05) is 20.6 Å². The Labute approximate surface area is 124 Å². The summed E-state index contributed by atoms with van der Waals surface area (Å²) in [4.78, 5) is 11.9. The number of furan rings is 1. The predicted octanol–water partition coefficient (Wildman–Crippen LogP) is 0.565. The maximum absolute atomic E-state index is 11.9. The number of aliphatic hydroxyl groups is 1. The second-order valence-electron chi connectivity index (χ2n) is 5.52. The maximum Gasteiger partial charge on any atom is 0.287 e. The van der Waals surface area contributed by atoms with E-state index in [1.807, 2.05) is 0 Å². The molecule has 21 heavy (non-hydrogen) atoms. The lowest BCUT2D eigenvalue weighted by molar-refractivity contribution is 0.0442. The van der Waals surface area contributed by atoms with E-state index in [9.17, 15) is 18.3 Å². The first-order valence-electron chi connectivity index (χ1n) is 6.78. The average Bonchev–Trinajstić information content (AvgIpc) is 3.05. The number of carbonyl (C=O) groups is 1. The molecule has 0 aliphatic heterocycles. The summed E-state index contributed by atoms with van der Waals surface area (Å²) in [5, 5.41) is 12.5. The van der Waals surface area contributed by atoms with Crippen LogP contribution in [-0.2, 0) is 10.0 Å². The van der Waals surface area contributed by atoms with Crippen LogP contribution in [0, 0.1) is 0 Å². The number of sulfonamides is 1. The van der Waals surface area contributed by atoms with E-state index in [4.69, 9.17) is 4.42 Å². The van der Waals surface area contributed by atoms with Crippen LogP contribution in [0.3, 0.4) is 0 Å². The van der Waals surface area contributed by atoms with Gasteiger partial charge >= 0.3 is 0 Å². The molecule has 0 unspecified atom stereocenters. The highest BCUT2D eigenvalue weighted by atomic mass is 32.2. The Bertz CT molecular complexity index is 614. The van der Waals surface area contributed by atoms with E-state index in [0.29, 0.717) is 12.8 Å². The number of carbonyl (C=O) groups excluding carboxylic acids is 1. The number of nitrogens with zero attached hydrogens (tertiary/aromatic N) is 1. The van der Waals surface area contributed by atoms with Crippen molar-refractivity contribution in [2.75, 3.05) is 20.6 Å². The zero-order valence-electron chi connectivity index (χ0n) is 12.1. The van der Waals surface area contributed by atoms with Gasteiger partial charge < -0.3 is 14.8 Å². The first-order chi connectivity index (χ1) is 9.74. The molecule has 1 amide bonds. The fourth-order valence-corrected chi connectivity index (χ4v) is 3.10. The molecule has 0 saturated heterocycles. The zero-order valence-corrected chi connectivity index (χ0v) is 12.9. The van der Waals surface area contributed by atoms with Crippen molar-refractivity contribution >= 4 is 15.9 Å². The molecule has 1 aliphatic carbocycles. The van der Waals surface area contributed by atoms with Crippen molar-refractivity contribution < 1.29 is 22.7 Å². The van der Waals surface area contributed by atoms with Gasteiger partial charge in [0.2, 0.25) is 5.09 Å². The quantitative estimate of drug-likeness (QED) is 0.827. The first-order valence-corrected chi connectivity index (χ1v) is 8.22. The lowest BCUT2D eigenvalue weighted by Gasteiger charge is -2.21. The molecule has 1 fully saturated rings. The van der Waals surface area contributed by atoms with E-state index in [1.54, 1.807) is 0 Å². The van der Waals surface area contributed by atoms with Crippen LogP contribution in [-0.4, -0.2) is 50.0 Å².